The van der Waals surface area contributed by atoms with Crippen molar-refractivity contribution in [3.8, 4) is 11.5 Å². The molecule has 99 valence electrons. The van der Waals surface area contributed by atoms with Gasteiger partial charge in [0.1, 0.15) is 11.5 Å². The summed E-state index contributed by atoms with van der Waals surface area (Å²) in [5.74, 6) is 1.65. The summed E-state index contributed by atoms with van der Waals surface area (Å²) >= 11 is 0. The van der Waals surface area contributed by atoms with Crippen molar-refractivity contribution in [3.05, 3.63) is 53.8 Å². The standard InChI is InChI=1S/C12H8NO.2C2H6.Y/c1-3-7-11-9(5-1)13-10-6-2-4-8-12(10)14-11;2*1-2;/h1-8H;2*1-2H3;/q-1;;;. The molecule has 2 aromatic rings. The molecule has 1 aliphatic rings. The summed E-state index contributed by atoms with van der Waals surface area (Å²) in [6.07, 6.45) is 0. The fraction of sp³-hybridized carbons (Fsp3) is 0.250. The smallest absolute Gasteiger partial charge is 0.112 e. The molecule has 3 rings (SSSR count). The molecule has 2 aromatic carbocycles. The van der Waals surface area contributed by atoms with Gasteiger partial charge in [0.2, 0.25) is 0 Å². The second-order valence-corrected chi connectivity index (χ2v) is 3.15. The van der Waals surface area contributed by atoms with Crippen LogP contribution in [0.3, 0.4) is 0 Å². The molecule has 0 fully saturated rings. The van der Waals surface area contributed by atoms with Crippen LogP contribution in [-0.4, -0.2) is 0 Å². The van der Waals surface area contributed by atoms with Gasteiger partial charge in [-0.1, -0.05) is 75.5 Å². The minimum atomic E-state index is 0. The Morgan fingerprint density at radius 3 is 1.47 bits per heavy atom. The first-order valence-electron chi connectivity index (χ1n) is 6.51. The second-order valence-electron chi connectivity index (χ2n) is 3.15. The van der Waals surface area contributed by atoms with Crippen LogP contribution in [0.2, 0.25) is 0 Å². The zero-order valence-corrected chi connectivity index (χ0v) is 14.9. The summed E-state index contributed by atoms with van der Waals surface area (Å²) in [5.41, 5.74) is 1.79. The number of para-hydroxylation sites is 4. The van der Waals surface area contributed by atoms with Crippen molar-refractivity contribution in [3.63, 3.8) is 0 Å². The van der Waals surface area contributed by atoms with Gasteiger partial charge in [-0.25, -0.2) is 0 Å². The molecule has 0 aromatic heterocycles. The third kappa shape index (κ3) is 4.63. The Balaban J connectivity index is 0.000000597. The minimum absolute atomic E-state index is 0. The van der Waals surface area contributed by atoms with Crippen LogP contribution in [0.15, 0.2) is 48.5 Å². The van der Waals surface area contributed by atoms with Crippen LogP contribution in [0.4, 0.5) is 11.4 Å². The molecule has 3 heteroatoms. The van der Waals surface area contributed by atoms with Crippen molar-refractivity contribution in [1.29, 1.82) is 0 Å². The SMILES string of the molecule is CC.CC.[Y].c1ccc2c(c1)[N-]c1ccccc1O2. The number of benzene rings is 2. The summed E-state index contributed by atoms with van der Waals surface area (Å²) in [4.78, 5) is 0. The zero-order chi connectivity index (χ0) is 13.4. The summed E-state index contributed by atoms with van der Waals surface area (Å²) in [6, 6.07) is 15.6. The van der Waals surface area contributed by atoms with Gasteiger partial charge in [0.05, 0.1) is 0 Å². The van der Waals surface area contributed by atoms with E-state index in [-0.39, 0.29) is 32.7 Å². The second kappa shape index (κ2) is 9.99. The molecular weight excluding hydrogens is 311 g/mol. The molecule has 0 bridgehead atoms. The van der Waals surface area contributed by atoms with Gasteiger partial charge in [-0.2, -0.15) is 0 Å². The third-order valence-corrected chi connectivity index (χ3v) is 2.19. The fourth-order valence-corrected chi connectivity index (χ4v) is 1.52. The molecule has 0 N–H and O–H groups in total. The predicted octanol–water partition coefficient (Wildman–Crippen LogP) is 6.18. The Bertz CT molecular complexity index is 398. The topological polar surface area (TPSA) is 23.3 Å². The van der Waals surface area contributed by atoms with Crippen LogP contribution >= 0.6 is 0 Å². The van der Waals surface area contributed by atoms with E-state index in [9.17, 15) is 0 Å². The molecule has 0 saturated heterocycles. The Kier molecular flexibility index (Phi) is 9.54. The van der Waals surface area contributed by atoms with E-state index in [2.05, 4.69) is 5.32 Å². The predicted molar refractivity (Wildman–Crippen MR) is 78.3 cm³/mol. The summed E-state index contributed by atoms with van der Waals surface area (Å²) in [7, 11) is 0. The Morgan fingerprint density at radius 2 is 1.05 bits per heavy atom. The maximum atomic E-state index is 5.68. The van der Waals surface area contributed by atoms with E-state index in [0.717, 1.165) is 22.9 Å². The molecule has 0 saturated carbocycles. The quantitative estimate of drug-likeness (QED) is 0.482. The zero-order valence-electron chi connectivity index (χ0n) is 12.1. The molecule has 0 spiro atoms. The van der Waals surface area contributed by atoms with Crippen molar-refractivity contribution in [2.45, 2.75) is 27.7 Å². The van der Waals surface area contributed by atoms with E-state index in [1.54, 1.807) is 0 Å². The summed E-state index contributed by atoms with van der Waals surface area (Å²) < 4.78 is 5.68. The van der Waals surface area contributed by atoms with Crippen molar-refractivity contribution < 1.29 is 37.4 Å². The maximum absolute atomic E-state index is 5.68. The van der Waals surface area contributed by atoms with E-state index in [0.29, 0.717) is 0 Å². The largest absolute Gasteiger partial charge is 0.652 e. The van der Waals surface area contributed by atoms with Crippen molar-refractivity contribution in [2.75, 3.05) is 0 Å². The average Bonchev–Trinajstić information content (AvgIpc) is 2.49. The number of rotatable bonds is 0. The van der Waals surface area contributed by atoms with Gasteiger partial charge >= 0.3 is 0 Å². The molecule has 19 heavy (non-hydrogen) atoms. The van der Waals surface area contributed by atoms with E-state index in [4.69, 9.17) is 4.74 Å². The third-order valence-electron chi connectivity index (χ3n) is 2.19. The van der Waals surface area contributed by atoms with Gasteiger partial charge in [0, 0.05) is 32.7 Å². The number of hydrogen-bond donors (Lipinski definition) is 0. The van der Waals surface area contributed by atoms with Crippen LogP contribution in [-0.2, 0) is 32.7 Å². The molecule has 1 aliphatic heterocycles. The number of hydrogen-bond acceptors (Lipinski definition) is 1. The van der Waals surface area contributed by atoms with Gasteiger partial charge in [0.25, 0.3) is 0 Å². The van der Waals surface area contributed by atoms with Crippen LogP contribution in [0.1, 0.15) is 27.7 Å². The monoisotopic (exact) mass is 331 g/mol. The van der Waals surface area contributed by atoms with Gasteiger partial charge < -0.3 is 10.1 Å². The normalized spacial score (nSPS) is 9.47. The number of fused-ring (bicyclic) bond motifs is 2. The number of ether oxygens (including phenoxy) is 1. The van der Waals surface area contributed by atoms with E-state index >= 15 is 0 Å². The fourth-order valence-electron chi connectivity index (χ4n) is 1.52. The van der Waals surface area contributed by atoms with Gasteiger partial charge in [0.15, 0.2) is 0 Å². The molecule has 0 aliphatic carbocycles. The molecule has 0 atom stereocenters. The minimum Gasteiger partial charge on any atom is -0.652 e. The van der Waals surface area contributed by atoms with E-state index in [1.165, 1.54) is 0 Å². The first-order chi connectivity index (χ1) is 8.93. The Morgan fingerprint density at radius 1 is 0.684 bits per heavy atom. The maximum Gasteiger partial charge on any atom is 0.112 e. The molecule has 0 unspecified atom stereocenters. The first kappa shape index (κ1) is 18.1. The Hall–Kier alpha value is -0.856. The average molecular weight is 331 g/mol. The van der Waals surface area contributed by atoms with E-state index < -0.39 is 0 Å². The number of nitrogens with zero attached hydrogens (tertiary/aromatic N) is 1. The molecular formula is C16H20NOY-. The van der Waals surface area contributed by atoms with Crippen molar-refractivity contribution in [1.82, 2.24) is 0 Å². The molecule has 1 heterocycles. The van der Waals surface area contributed by atoms with E-state index in [1.807, 2.05) is 76.2 Å². The molecule has 2 nitrogen and oxygen atoms in total. The van der Waals surface area contributed by atoms with Crippen LogP contribution in [0.5, 0.6) is 11.5 Å². The van der Waals surface area contributed by atoms with Gasteiger partial charge in [-0.15, -0.1) is 0 Å². The van der Waals surface area contributed by atoms with Gasteiger partial charge in [-0.05, 0) is 12.1 Å². The molecule has 0 amide bonds. The summed E-state index contributed by atoms with van der Waals surface area (Å²) in [5, 5.41) is 4.48. The van der Waals surface area contributed by atoms with Crippen molar-refractivity contribution in [2.24, 2.45) is 0 Å². The molecule has 1 radical (unpaired) electrons. The van der Waals surface area contributed by atoms with Crippen molar-refractivity contribution >= 4 is 11.4 Å². The van der Waals surface area contributed by atoms with Crippen LogP contribution in [0.25, 0.3) is 5.32 Å². The first-order valence-corrected chi connectivity index (χ1v) is 6.51. The van der Waals surface area contributed by atoms with Crippen LogP contribution in [0, 0.1) is 0 Å². The Labute approximate surface area is 141 Å². The van der Waals surface area contributed by atoms with Crippen LogP contribution < -0.4 is 4.74 Å². The van der Waals surface area contributed by atoms with Gasteiger partial charge in [-0.3, -0.25) is 0 Å². The summed E-state index contributed by atoms with van der Waals surface area (Å²) in [6.45, 7) is 8.00.